The van der Waals surface area contributed by atoms with Crippen LogP contribution in [0.2, 0.25) is 0 Å². The van der Waals surface area contributed by atoms with E-state index in [2.05, 4.69) is 22.4 Å². The van der Waals surface area contributed by atoms with E-state index in [0.29, 0.717) is 5.92 Å². The van der Waals surface area contributed by atoms with Crippen LogP contribution in [0.1, 0.15) is 24.3 Å². The Morgan fingerprint density at radius 2 is 2.28 bits per heavy atom. The first-order valence-corrected chi connectivity index (χ1v) is 6.51. The number of fused-ring (bicyclic) bond motifs is 1. The van der Waals surface area contributed by atoms with Crippen molar-refractivity contribution in [1.29, 1.82) is 0 Å². The van der Waals surface area contributed by atoms with Gasteiger partial charge >= 0.3 is 0 Å². The molecule has 3 nitrogen and oxygen atoms in total. The van der Waals surface area contributed by atoms with Crippen LogP contribution in [-0.4, -0.2) is 25.2 Å². The van der Waals surface area contributed by atoms with Gasteiger partial charge < -0.3 is 10.1 Å². The van der Waals surface area contributed by atoms with Crippen LogP contribution in [-0.2, 0) is 0 Å². The molecule has 0 amide bonds. The number of aromatic nitrogens is 1. The van der Waals surface area contributed by atoms with E-state index in [4.69, 9.17) is 4.74 Å². The van der Waals surface area contributed by atoms with Crippen molar-refractivity contribution in [3.63, 3.8) is 0 Å². The van der Waals surface area contributed by atoms with Gasteiger partial charge in [-0.1, -0.05) is 0 Å². The van der Waals surface area contributed by atoms with Crippen molar-refractivity contribution in [2.24, 2.45) is 0 Å². The van der Waals surface area contributed by atoms with Gasteiger partial charge in [0.1, 0.15) is 5.75 Å². The lowest BCUT2D eigenvalue weighted by Crippen LogP contribution is -2.28. The summed E-state index contributed by atoms with van der Waals surface area (Å²) in [6, 6.07) is 8.28. The number of nitrogens with zero attached hydrogens (tertiary/aromatic N) is 1. The molecular formula is C15H18N2O. The van der Waals surface area contributed by atoms with Crippen LogP contribution in [0.3, 0.4) is 0 Å². The highest BCUT2D eigenvalue weighted by Gasteiger charge is 2.15. The van der Waals surface area contributed by atoms with Gasteiger partial charge in [-0.25, -0.2) is 0 Å². The van der Waals surface area contributed by atoms with E-state index >= 15 is 0 Å². The zero-order valence-electron chi connectivity index (χ0n) is 10.6. The van der Waals surface area contributed by atoms with Crippen molar-refractivity contribution < 1.29 is 4.74 Å². The number of hydrogen-bond acceptors (Lipinski definition) is 3. The Morgan fingerprint density at radius 1 is 1.33 bits per heavy atom. The minimum atomic E-state index is 0.599. The number of benzene rings is 1. The van der Waals surface area contributed by atoms with Gasteiger partial charge in [0.25, 0.3) is 0 Å². The molecule has 1 aliphatic heterocycles. The normalized spacial score (nSPS) is 19.9. The molecule has 3 rings (SSSR count). The van der Waals surface area contributed by atoms with E-state index in [9.17, 15) is 0 Å². The third-order valence-corrected chi connectivity index (χ3v) is 3.68. The van der Waals surface area contributed by atoms with Crippen molar-refractivity contribution in [1.82, 2.24) is 10.3 Å². The largest absolute Gasteiger partial charge is 0.497 e. The molecule has 1 fully saturated rings. The number of ether oxygens (including phenoxy) is 1. The van der Waals surface area contributed by atoms with E-state index in [1.807, 2.05) is 18.3 Å². The lowest BCUT2D eigenvalue weighted by molar-refractivity contribution is 0.415. The summed E-state index contributed by atoms with van der Waals surface area (Å²) < 4.78 is 5.27. The number of hydrogen-bond donors (Lipinski definition) is 1. The number of rotatable bonds is 2. The maximum Gasteiger partial charge on any atom is 0.119 e. The van der Waals surface area contributed by atoms with Gasteiger partial charge in [0.15, 0.2) is 0 Å². The maximum absolute atomic E-state index is 5.27. The van der Waals surface area contributed by atoms with Gasteiger partial charge in [0.2, 0.25) is 0 Å². The smallest absolute Gasteiger partial charge is 0.119 e. The minimum Gasteiger partial charge on any atom is -0.497 e. The van der Waals surface area contributed by atoms with Gasteiger partial charge in [-0.3, -0.25) is 4.98 Å². The summed E-state index contributed by atoms with van der Waals surface area (Å²) in [5, 5.41) is 4.62. The van der Waals surface area contributed by atoms with E-state index in [0.717, 1.165) is 29.7 Å². The first-order valence-electron chi connectivity index (χ1n) is 6.51. The van der Waals surface area contributed by atoms with Crippen LogP contribution in [0, 0.1) is 0 Å². The molecule has 0 saturated carbocycles. The minimum absolute atomic E-state index is 0.599. The SMILES string of the molecule is COc1ccc2ncc(C3CCCNC3)cc2c1. The molecule has 1 aliphatic rings. The summed E-state index contributed by atoms with van der Waals surface area (Å²) in [6.07, 6.45) is 4.53. The second kappa shape index (κ2) is 4.94. The van der Waals surface area contributed by atoms with Crippen molar-refractivity contribution >= 4 is 10.9 Å². The van der Waals surface area contributed by atoms with Gasteiger partial charge in [0, 0.05) is 18.1 Å². The first kappa shape index (κ1) is 11.5. The molecule has 1 aromatic carbocycles. The standard InChI is InChI=1S/C15H18N2O/c1-18-14-4-5-15-12(8-14)7-13(10-17-15)11-3-2-6-16-9-11/h4-5,7-8,10-11,16H,2-3,6,9H2,1H3. The molecule has 0 spiro atoms. The summed E-state index contributed by atoms with van der Waals surface area (Å²) in [5.74, 6) is 1.49. The average Bonchev–Trinajstić information content (AvgIpc) is 2.47. The third kappa shape index (κ3) is 2.18. The lowest BCUT2D eigenvalue weighted by atomic mass is 9.92. The number of pyridine rings is 1. The van der Waals surface area contributed by atoms with E-state index < -0.39 is 0 Å². The number of methoxy groups -OCH3 is 1. The van der Waals surface area contributed by atoms with Crippen LogP contribution in [0.5, 0.6) is 5.75 Å². The molecule has 94 valence electrons. The monoisotopic (exact) mass is 242 g/mol. The summed E-state index contributed by atoms with van der Waals surface area (Å²) >= 11 is 0. The van der Waals surface area contributed by atoms with Crippen molar-refractivity contribution in [2.45, 2.75) is 18.8 Å². The fourth-order valence-electron chi connectivity index (χ4n) is 2.61. The fourth-order valence-corrected chi connectivity index (χ4v) is 2.61. The topological polar surface area (TPSA) is 34.1 Å². The molecule has 2 aromatic rings. The van der Waals surface area contributed by atoms with Crippen LogP contribution in [0.25, 0.3) is 10.9 Å². The average molecular weight is 242 g/mol. The Labute approximate surface area is 107 Å². The third-order valence-electron chi connectivity index (χ3n) is 3.68. The molecule has 0 bridgehead atoms. The molecule has 1 N–H and O–H groups in total. The molecule has 1 saturated heterocycles. The first-order chi connectivity index (χ1) is 8.86. The van der Waals surface area contributed by atoms with E-state index in [-0.39, 0.29) is 0 Å². The number of nitrogens with one attached hydrogen (secondary N) is 1. The lowest BCUT2D eigenvalue weighted by Gasteiger charge is -2.23. The highest BCUT2D eigenvalue weighted by molar-refractivity contribution is 5.80. The molecule has 1 aromatic heterocycles. The second-order valence-electron chi connectivity index (χ2n) is 4.87. The van der Waals surface area contributed by atoms with Gasteiger partial charge in [-0.15, -0.1) is 0 Å². The highest BCUT2D eigenvalue weighted by atomic mass is 16.5. The molecule has 18 heavy (non-hydrogen) atoms. The predicted molar refractivity (Wildman–Crippen MR) is 73.1 cm³/mol. The molecule has 2 heterocycles. The van der Waals surface area contributed by atoms with Gasteiger partial charge in [-0.2, -0.15) is 0 Å². The van der Waals surface area contributed by atoms with Crippen molar-refractivity contribution in [3.05, 3.63) is 36.0 Å². The van der Waals surface area contributed by atoms with E-state index in [1.165, 1.54) is 18.4 Å². The molecule has 3 heteroatoms. The summed E-state index contributed by atoms with van der Waals surface area (Å²) in [7, 11) is 1.70. The maximum atomic E-state index is 5.27. The Morgan fingerprint density at radius 3 is 3.06 bits per heavy atom. The molecule has 0 aliphatic carbocycles. The molecule has 1 unspecified atom stereocenters. The fraction of sp³-hybridized carbons (Fsp3) is 0.400. The van der Waals surface area contributed by atoms with Crippen LogP contribution in [0.4, 0.5) is 0 Å². The van der Waals surface area contributed by atoms with Crippen molar-refractivity contribution in [2.75, 3.05) is 20.2 Å². The summed E-state index contributed by atoms with van der Waals surface area (Å²) in [5.41, 5.74) is 2.37. The Balaban J connectivity index is 1.97. The highest BCUT2D eigenvalue weighted by Crippen LogP contribution is 2.26. The Kier molecular flexibility index (Phi) is 3.15. The Bertz CT molecular complexity index is 547. The quantitative estimate of drug-likeness (QED) is 0.879. The van der Waals surface area contributed by atoms with Crippen LogP contribution < -0.4 is 10.1 Å². The summed E-state index contributed by atoms with van der Waals surface area (Å²) in [4.78, 5) is 4.55. The van der Waals surface area contributed by atoms with Gasteiger partial charge in [0.05, 0.1) is 12.6 Å². The molecule has 1 atom stereocenters. The zero-order chi connectivity index (χ0) is 12.4. The van der Waals surface area contributed by atoms with Crippen molar-refractivity contribution in [3.8, 4) is 5.75 Å². The van der Waals surface area contributed by atoms with E-state index in [1.54, 1.807) is 7.11 Å². The zero-order valence-corrected chi connectivity index (χ0v) is 10.6. The Hall–Kier alpha value is -1.61. The van der Waals surface area contributed by atoms with Gasteiger partial charge in [-0.05, 0) is 55.1 Å². The second-order valence-corrected chi connectivity index (χ2v) is 4.87. The molecule has 0 radical (unpaired) electrons. The predicted octanol–water partition coefficient (Wildman–Crippen LogP) is 2.71. The molecular weight excluding hydrogens is 224 g/mol. The van der Waals surface area contributed by atoms with Crippen LogP contribution >= 0.6 is 0 Å². The van der Waals surface area contributed by atoms with Crippen LogP contribution in [0.15, 0.2) is 30.5 Å². The summed E-state index contributed by atoms with van der Waals surface area (Å²) in [6.45, 7) is 2.21. The number of piperidine rings is 1.